The van der Waals surface area contributed by atoms with E-state index in [0.717, 1.165) is 58.2 Å². The molecule has 0 spiro atoms. The molecular weight excluding hydrogens is 304 g/mol. The second kappa shape index (κ2) is 5.70. The predicted molar refractivity (Wildman–Crippen MR) is 90.6 cm³/mol. The molecule has 5 fully saturated rings. The zero-order valence-electron chi connectivity index (χ0n) is 15.4. The molecule has 0 N–H and O–H groups in total. The van der Waals surface area contributed by atoms with Crippen LogP contribution in [0, 0.1) is 17.3 Å². The van der Waals surface area contributed by atoms with Crippen LogP contribution in [0.5, 0.6) is 0 Å². The topological polar surface area (TPSA) is 48.1 Å². The predicted octanol–water partition coefficient (Wildman–Crippen LogP) is 3.86. The summed E-state index contributed by atoms with van der Waals surface area (Å²) in [6.45, 7) is 7.74. The summed E-state index contributed by atoms with van der Waals surface area (Å²) in [6.07, 6.45) is 8.87. The van der Waals surface area contributed by atoms with Gasteiger partial charge in [0.15, 0.2) is 0 Å². The van der Waals surface area contributed by atoms with E-state index in [1.165, 1.54) is 6.42 Å². The van der Waals surface area contributed by atoms with Crippen molar-refractivity contribution in [1.82, 2.24) is 0 Å². The normalized spacial score (nSPS) is 43.0. The van der Waals surface area contributed by atoms with Crippen LogP contribution >= 0.6 is 0 Å². The van der Waals surface area contributed by atoms with E-state index in [2.05, 4.69) is 6.92 Å². The highest BCUT2D eigenvalue weighted by molar-refractivity contribution is 5.76. The average molecular weight is 336 g/mol. The molecule has 0 aromatic rings. The molecule has 5 rings (SSSR count). The SMILES string of the molecule is CCC(C)(C)C(=O)OC12CC3CC(CC(OCCC4CO4)(C3)C1)C2. The number of hydrogen-bond acceptors (Lipinski definition) is 4. The van der Waals surface area contributed by atoms with Crippen LogP contribution in [0.25, 0.3) is 0 Å². The smallest absolute Gasteiger partial charge is 0.312 e. The minimum Gasteiger partial charge on any atom is -0.459 e. The van der Waals surface area contributed by atoms with Gasteiger partial charge in [-0.2, -0.15) is 0 Å². The van der Waals surface area contributed by atoms with Gasteiger partial charge >= 0.3 is 5.97 Å². The molecule has 0 radical (unpaired) electrons. The van der Waals surface area contributed by atoms with Crippen LogP contribution in [0.2, 0.25) is 0 Å². The van der Waals surface area contributed by atoms with E-state index in [4.69, 9.17) is 14.2 Å². The van der Waals surface area contributed by atoms with Crippen molar-refractivity contribution in [2.24, 2.45) is 17.3 Å². The molecule has 3 atom stereocenters. The molecule has 4 bridgehead atoms. The van der Waals surface area contributed by atoms with Crippen molar-refractivity contribution in [2.75, 3.05) is 13.2 Å². The Morgan fingerprint density at radius 2 is 1.79 bits per heavy atom. The first-order valence-corrected chi connectivity index (χ1v) is 9.83. The van der Waals surface area contributed by atoms with Gasteiger partial charge in [-0.15, -0.1) is 0 Å². The lowest BCUT2D eigenvalue weighted by Crippen LogP contribution is -2.62. The number of carbonyl (C=O) groups is 1. The molecule has 0 amide bonds. The highest BCUT2D eigenvalue weighted by atomic mass is 16.6. The van der Waals surface area contributed by atoms with Gasteiger partial charge in [0.1, 0.15) is 5.60 Å². The zero-order valence-corrected chi connectivity index (χ0v) is 15.4. The first kappa shape index (κ1) is 16.8. The van der Waals surface area contributed by atoms with Gasteiger partial charge in [-0.25, -0.2) is 0 Å². The molecule has 0 aromatic heterocycles. The lowest BCUT2D eigenvalue weighted by atomic mass is 9.52. The number of rotatable bonds is 7. The second-order valence-electron chi connectivity index (χ2n) is 9.55. The molecule has 24 heavy (non-hydrogen) atoms. The van der Waals surface area contributed by atoms with Crippen molar-refractivity contribution in [3.05, 3.63) is 0 Å². The van der Waals surface area contributed by atoms with Crippen molar-refractivity contribution < 1.29 is 19.0 Å². The molecule has 3 unspecified atom stereocenters. The summed E-state index contributed by atoms with van der Waals surface area (Å²) in [5.74, 6) is 1.32. The van der Waals surface area contributed by atoms with E-state index < -0.39 is 0 Å². The van der Waals surface area contributed by atoms with Crippen molar-refractivity contribution in [3.8, 4) is 0 Å². The summed E-state index contributed by atoms with van der Waals surface area (Å²) < 4.78 is 18.0. The summed E-state index contributed by atoms with van der Waals surface area (Å²) >= 11 is 0. The standard InChI is InChI=1S/C20H32O4/c1-4-18(2,3)17(21)24-20-10-14-7-15(11-20)9-19(8-14,13-20)23-6-5-16-12-22-16/h14-16H,4-13H2,1-3H3. The monoisotopic (exact) mass is 336 g/mol. The molecule has 4 heteroatoms. The minimum atomic E-state index is -0.388. The Morgan fingerprint density at radius 1 is 1.17 bits per heavy atom. The minimum absolute atomic E-state index is 0.0199. The molecular formula is C20H32O4. The molecule has 0 aromatic carbocycles. The third kappa shape index (κ3) is 3.12. The van der Waals surface area contributed by atoms with E-state index in [9.17, 15) is 4.79 Å². The highest BCUT2D eigenvalue weighted by Crippen LogP contribution is 2.60. The highest BCUT2D eigenvalue weighted by Gasteiger charge is 2.60. The third-order valence-electron chi connectivity index (χ3n) is 6.95. The maximum atomic E-state index is 12.7. The fourth-order valence-corrected chi connectivity index (χ4v) is 5.50. The fourth-order valence-electron chi connectivity index (χ4n) is 5.50. The molecule has 136 valence electrons. The van der Waals surface area contributed by atoms with Crippen molar-refractivity contribution in [1.29, 1.82) is 0 Å². The maximum absolute atomic E-state index is 12.7. The lowest BCUT2D eigenvalue weighted by Gasteiger charge is -2.61. The van der Waals surface area contributed by atoms with E-state index in [1.54, 1.807) is 0 Å². The van der Waals surface area contributed by atoms with Gasteiger partial charge in [-0.1, -0.05) is 6.92 Å². The first-order chi connectivity index (χ1) is 11.3. The maximum Gasteiger partial charge on any atom is 0.312 e. The van der Waals surface area contributed by atoms with Gasteiger partial charge in [-0.3, -0.25) is 4.79 Å². The molecule has 4 nitrogen and oxygen atoms in total. The number of epoxide rings is 1. The van der Waals surface area contributed by atoms with Crippen LogP contribution in [0.15, 0.2) is 0 Å². The van der Waals surface area contributed by atoms with Crippen molar-refractivity contribution in [2.45, 2.75) is 89.4 Å². The van der Waals surface area contributed by atoms with E-state index >= 15 is 0 Å². The summed E-state index contributed by atoms with van der Waals surface area (Å²) in [7, 11) is 0. The van der Waals surface area contributed by atoms with Gasteiger partial charge in [0.25, 0.3) is 0 Å². The van der Waals surface area contributed by atoms with Crippen molar-refractivity contribution >= 4 is 5.97 Å². The molecule has 1 heterocycles. The molecule has 5 aliphatic rings. The van der Waals surface area contributed by atoms with Gasteiger partial charge in [0.2, 0.25) is 0 Å². The van der Waals surface area contributed by atoms with Crippen LogP contribution in [0.4, 0.5) is 0 Å². The molecule has 4 aliphatic carbocycles. The Balaban J connectivity index is 1.46. The van der Waals surface area contributed by atoms with Crippen LogP contribution in [-0.2, 0) is 19.0 Å². The summed E-state index contributed by atoms with van der Waals surface area (Å²) in [4.78, 5) is 12.7. The third-order valence-corrected chi connectivity index (χ3v) is 6.95. The largest absolute Gasteiger partial charge is 0.459 e. The van der Waals surface area contributed by atoms with Gasteiger partial charge in [-0.05, 0) is 70.6 Å². The number of hydrogen-bond donors (Lipinski definition) is 0. The summed E-state index contributed by atoms with van der Waals surface area (Å²) in [5.41, 5.74) is -0.694. The van der Waals surface area contributed by atoms with E-state index in [0.29, 0.717) is 17.9 Å². The van der Waals surface area contributed by atoms with Crippen LogP contribution in [-0.4, -0.2) is 36.5 Å². The molecule has 1 saturated heterocycles. The van der Waals surface area contributed by atoms with Crippen LogP contribution < -0.4 is 0 Å². The molecule has 1 aliphatic heterocycles. The number of ether oxygens (including phenoxy) is 3. The van der Waals surface area contributed by atoms with Crippen molar-refractivity contribution in [3.63, 3.8) is 0 Å². The van der Waals surface area contributed by atoms with E-state index in [1.807, 2.05) is 13.8 Å². The second-order valence-corrected chi connectivity index (χ2v) is 9.55. The lowest BCUT2D eigenvalue weighted by molar-refractivity contribution is -0.238. The summed E-state index contributed by atoms with van der Waals surface area (Å²) in [5, 5.41) is 0. The number of carbonyl (C=O) groups excluding carboxylic acids is 1. The molecule has 4 saturated carbocycles. The fraction of sp³-hybridized carbons (Fsp3) is 0.950. The quantitative estimate of drug-likeness (QED) is 0.523. The van der Waals surface area contributed by atoms with Gasteiger partial charge < -0.3 is 14.2 Å². The Hall–Kier alpha value is -0.610. The first-order valence-electron chi connectivity index (χ1n) is 9.83. The Labute approximate surface area is 145 Å². The average Bonchev–Trinajstić information content (AvgIpc) is 3.29. The summed E-state index contributed by atoms with van der Waals surface area (Å²) in [6, 6.07) is 0. The van der Waals surface area contributed by atoms with Gasteiger partial charge in [0, 0.05) is 13.0 Å². The van der Waals surface area contributed by atoms with E-state index in [-0.39, 0.29) is 22.6 Å². The Morgan fingerprint density at radius 3 is 2.38 bits per heavy atom. The Bertz CT molecular complexity index is 494. The zero-order chi connectivity index (χ0) is 17.0. The van der Waals surface area contributed by atoms with Crippen LogP contribution in [0.1, 0.15) is 72.1 Å². The number of esters is 1. The Kier molecular flexibility index (Phi) is 4.00. The van der Waals surface area contributed by atoms with Gasteiger partial charge in [0.05, 0.1) is 23.7 Å². The van der Waals surface area contributed by atoms with Crippen LogP contribution in [0.3, 0.4) is 0 Å².